The molecule has 1 amide bonds. The molecule has 0 aromatic heterocycles. The quantitative estimate of drug-likeness (QED) is 0.720. The standard InChI is InChI=1S/C20H22FN3O3S2/c1-14-10-12-24(13-11-14)29(26,27)18-8-6-17(7-9-18)22-20(28)23-19(25)15-2-4-16(21)5-3-15/h2-9,14H,10-13H2,1H3,(H2,22,23,25,28). The Bertz CT molecular complexity index is 985. The fourth-order valence-corrected chi connectivity index (χ4v) is 4.70. The number of sulfonamides is 1. The highest BCUT2D eigenvalue weighted by Crippen LogP contribution is 2.24. The van der Waals surface area contributed by atoms with Gasteiger partial charge in [-0.3, -0.25) is 10.1 Å². The first-order chi connectivity index (χ1) is 13.8. The predicted octanol–water partition coefficient (Wildman–Crippen LogP) is 3.37. The summed E-state index contributed by atoms with van der Waals surface area (Å²) >= 11 is 5.11. The molecule has 3 rings (SSSR count). The summed E-state index contributed by atoms with van der Waals surface area (Å²) in [5, 5.41) is 5.39. The van der Waals surface area contributed by atoms with E-state index < -0.39 is 21.7 Å². The highest BCUT2D eigenvalue weighted by Gasteiger charge is 2.27. The highest BCUT2D eigenvalue weighted by atomic mass is 32.2. The number of carbonyl (C=O) groups excluding carboxylic acids is 1. The van der Waals surface area contributed by atoms with Crippen molar-refractivity contribution in [3.8, 4) is 0 Å². The van der Waals surface area contributed by atoms with Crippen molar-refractivity contribution in [2.75, 3.05) is 18.4 Å². The second kappa shape index (κ2) is 8.98. The SMILES string of the molecule is CC1CCN(S(=O)(=O)c2ccc(NC(=S)NC(=O)c3ccc(F)cc3)cc2)CC1. The number of benzene rings is 2. The first-order valence-electron chi connectivity index (χ1n) is 9.24. The molecule has 6 nitrogen and oxygen atoms in total. The Balaban J connectivity index is 1.60. The molecule has 0 saturated carbocycles. The zero-order valence-electron chi connectivity index (χ0n) is 15.9. The number of anilines is 1. The minimum atomic E-state index is -3.52. The predicted molar refractivity (Wildman–Crippen MR) is 114 cm³/mol. The summed E-state index contributed by atoms with van der Waals surface area (Å²) in [5.41, 5.74) is 0.813. The van der Waals surface area contributed by atoms with Gasteiger partial charge in [0, 0.05) is 24.3 Å². The number of carbonyl (C=O) groups is 1. The molecule has 0 atom stereocenters. The Morgan fingerprint density at radius 1 is 1.07 bits per heavy atom. The Labute approximate surface area is 175 Å². The summed E-state index contributed by atoms with van der Waals surface area (Å²) in [6.45, 7) is 3.19. The molecule has 0 radical (unpaired) electrons. The minimum Gasteiger partial charge on any atom is -0.332 e. The minimum absolute atomic E-state index is 0.0555. The fourth-order valence-electron chi connectivity index (χ4n) is 3.02. The number of hydrogen-bond donors (Lipinski definition) is 2. The van der Waals surface area contributed by atoms with Gasteiger partial charge in [0.05, 0.1) is 4.90 Å². The van der Waals surface area contributed by atoms with E-state index in [0.29, 0.717) is 24.7 Å². The summed E-state index contributed by atoms with van der Waals surface area (Å²) in [5.74, 6) is -0.364. The molecular weight excluding hydrogens is 413 g/mol. The van der Waals surface area contributed by atoms with Gasteiger partial charge in [0.2, 0.25) is 10.0 Å². The number of hydrogen-bond acceptors (Lipinski definition) is 4. The monoisotopic (exact) mass is 435 g/mol. The second-order valence-electron chi connectivity index (χ2n) is 7.03. The van der Waals surface area contributed by atoms with Gasteiger partial charge in [-0.25, -0.2) is 12.8 Å². The molecule has 1 aliphatic rings. The molecule has 29 heavy (non-hydrogen) atoms. The number of amides is 1. The van der Waals surface area contributed by atoms with E-state index in [-0.39, 0.29) is 15.6 Å². The first-order valence-corrected chi connectivity index (χ1v) is 11.1. The van der Waals surface area contributed by atoms with Crippen LogP contribution in [0.2, 0.25) is 0 Å². The lowest BCUT2D eigenvalue weighted by molar-refractivity contribution is 0.0977. The summed E-state index contributed by atoms with van der Waals surface area (Å²) in [7, 11) is -3.52. The van der Waals surface area contributed by atoms with Crippen LogP contribution in [0.25, 0.3) is 0 Å². The Hall–Kier alpha value is -2.36. The molecule has 0 unspecified atom stereocenters. The molecule has 1 heterocycles. The summed E-state index contributed by atoms with van der Waals surface area (Å²) in [6, 6.07) is 11.3. The fraction of sp³-hybridized carbons (Fsp3) is 0.300. The topological polar surface area (TPSA) is 78.5 Å². The molecule has 2 aromatic rings. The lowest BCUT2D eigenvalue weighted by Gasteiger charge is -2.29. The second-order valence-corrected chi connectivity index (χ2v) is 9.37. The number of piperidine rings is 1. The van der Waals surface area contributed by atoms with Crippen LogP contribution in [-0.2, 0) is 10.0 Å². The summed E-state index contributed by atoms with van der Waals surface area (Å²) < 4.78 is 40.0. The van der Waals surface area contributed by atoms with Gasteiger partial charge in [0.15, 0.2) is 5.11 Å². The summed E-state index contributed by atoms with van der Waals surface area (Å²) in [6.07, 6.45) is 1.72. The maximum atomic E-state index is 12.9. The van der Waals surface area contributed by atoms with Crippen molar-refractivity contribution in [3.63, 3.8) is 0 Å². The van der Waals surface area contributed by atoms with Crippen LogP contribution in [0.3, 0.4) is 0 Å². The van der Waals surface area contributed by atoms with Crippen LogP contribution < -0.4 is 10.6 Å². The van der Waals surface area contributed by atoms with Gasteiger partial charge in [-0.15, -0.1) is 0 Å². The number of halogens is 1. The van der Waals surface area contributed by atoms with Crippen molar-refractivity contribution in [3.05, 3.63) is 59.9 Å². The average molecular weight is 436 g/mol. The van der Waals surface area contributed by atoms with Crippen molar-refractivity contribution in [1.29, 1.82) is 0 Å². The molecule has 1 aliphatic heterocycles. The van der Waals surface area contributed by atoms with E-state index in [1.54, 1.807) is 12.1 Å². The van der Waals surface area contributed by atoms with Crippen molar-refractivity contribution in [1.82, 2.24) is 9.62 Å². The molecule has 0 spiro atoms. The Morgan fingerprint density at radius 3 is 2.24 bits per heavy atom. The average Bonchev–Trinajstić information content (AvgIpc) is 2.69. The third kappa shape index (κ3) is 5.37. The molecule has 0 bridgehead atoms. The van der Waals surface area contributed by atoms with Crippen molar-refractivity contribution >= 4 is 38.9 Å². The zero-order chi connectivity index (χ0) is 21.0. The van der Waals surface area contributed by atoms with E-state index in [0.717, 1.165) is 12.8 Å². The lowest BCUT2D eigenvalue weighted by atomic mass is 10.0. The highest BCUT2D eigenvalue weighted by molar-refractivity contribution is 7.89. The maximum Gasteiger partial charge on any atom is 0.257 e. The molecule has 9 heteroatoms. The van der Waals surface area contributed by atoms with E-state index in [1.807, 2.05) is 0 Å². The Morgan fingerprint density at radius 2 is 1.66 bits per heavy atom. The van der Waals surface area contributed by atoms with Gasteiger partial charge in [-0.05, 0) is 79.5 Å². The van der Waals surface area contributed by atoms with E-state index in [4.69, 9.17) is 12.2 Å². The smallest absolute Gasteiger partial charge is 0.257 e. The Kier molecular flexibility index (Phi) is 6.61. The molecule has 1 fully saturated rings. The van der Waals surface area contributed by atoms with Crippen molar-refractivity contribution < 1.29 is 17.6 Å². The molecule has 1 saturated heterocycles. The van der Waals surface area contributed by atoms with E-state index in [1.165, 1.54) is 40.7 Å². The van der Waals surface area contributed by atoms with Crippen molar-refractivity contribution in [2.24, 2.45) is 5.92 Å². The van der Waals surface area contributed by atoms with Crippen LogP contribution >= 0.6 is 12.2 Å². The van der Waals surface area contributed by atoms with Crippen LogP contribution in [0.15, 0.2) is 53.4 Å². The van der Waals surface area contributed by atoms with Crippen LogP contribution in [-0.4, -0.2) is 36.8 Å². The van der Waals surface area contributed by atoms with Crippen LogP contribution in [0.1, 0.15) is 30.1 Å². The lowest BCUT2D eigenvalue weighted by Crippen LogP contribution is -2.37. The van der Waals surface area contributed by atoms with Gasteiger partial charge in [-0.2, -0.15) is 4.31 Å². The number of rotatable bonds is 4. The third-order valence-corrected chi connectivity index (χ3v) is 6.94. The zero-order valence-corrected chi connectivity index (χ0v) is 17.5. The van der Waals surface area contributed by atoms with Crippen LogP contribution in [0.4, 0.5) is 10.1 Å². The molecule has 154 valence electrons. The molecule has 0 aliphatic carbocycles. The van der Waals surface area contributed by atoms with Gasteiger partial charge in [0.1, 0.15) is 5.82 Å². The van der Waals surface area contributed by atoms with E-state index in [2.05, 4.69) is 17.6 Å². The number of nitrogens with zero attached hydrogens (tertiary/aromatic N) is 1. The van der Waals surface area contributed by atoms with E-state index in [9.17, 15) is 17.6 Å². The van der Waals surface area contributed by atoms with Crippen LogP contribution in [0.5, 0.6) is 0 Å². The van der Waals surface area contributed by atoms with Gasteiger partial charge in [0.25, 0.3) is 5.91 Å². The third-order valence-electron chi connectivity index (χ3n) is 4.83. The van der Waals surface area contributed by atoms with Gasteiger partial charge >= 0.3 is 0 Å². The van der Waals surface area contributed by atoms with Crippen LogP contribution in [0, 0.1) is 11.7 Å². The normalized spacial score (nSPS) is 15.7. The number of thiocarbonyl (C=S) groups is 1. The largest absolute Gasteiger partial charge is 0.332 e. The van der Waals surface area contributed by atoms with Gasteiger partial charge < -0.3 is 5.32 Å². The molecule has 2 N–H and O–H groups in total. The molecule has 2 aromatic carbocycles. The summed E-state index contributed by atoms with van der Waals surface area (Å²) in [4.78, 5) is 12.3. The molecular formula is C20H22FN3O3S2. The van der Waals surface area contributed by atoms with Gasteiger partial charge in [-0.1, -0.05) is 6.92 Å². The first kappa shape index (κ1) is 21.4. The number of nitrogens with one attached hydrogen (secondary N) is 2. The maximum absolute atomic E-state index is 12.9. The van der Waals surface area contributed by atoms with E-state index >= 15 is 0 Å². The van der Waals surface area contributed by atoms with Crippen molar-refractivity contribution in [2.45, 2.75) is 24.7 Å².